The van der Waals surface area contributed by atoms with Crippen molar-refractivity contribution in [1.82, 2.24) is 15.1 Å². The van der Waals surface area contributed by atoms with Crippen molar-refractivity contribution in [3.8, 4) is 0 Å². The largest absolute Gasteiger partial charge is 0.333 e. The molecule has 1 aliphatic heterocycles. The van der Waals surface area contributed by atoms with E-state index in [9.17, 15) is 9.59 Å². The maximum atomic E-state index is 11.5. The molecule has 0 atom stereocenters. The number of hydrogen-bond acceptors (Lipinski definition) is 3. The Morgan fingerprint density at radius 1 is 1.67 bits per heavy atom. The van der Waals surface area contributed by atoms with Crippen LogP contribution in [0.2, 0.25) is 0 Å². The Hall–Kier alpha value is -1.85. The topological polar surface area (TPSA) is 78.1 Å². The molecule has 1 aliphatic rings. The third-order valence-electron chi connectivity index (χ3n) is 2.29. The standard InChI is InChI=1S/C9H12N4O2/c14-8(12-7-4-10-11-5-7)6-13-3-1-2-9(13)15/h4-5H,1-3,6H2,(H,10,11)(H,12,14). The number of aromatic nitrogens is 2. The first-order chi connectivity index (χ1) is 7.25. The van der Waals surface area contributed by atoms with Crippen LogP contribution < -0.4 is 5.32 Å². The van der Waals surface area contributed by atoms with Crippen molar-refractivity contribution in [3.05, 3.63) is 12.4 Å². The van der Waals surface area contributed by atoms with Gasteiger partial charge in [-0.1, -0.05) is 0 Å². The Balaban J connectivity index is 1.84. The molecule has 80 valence electrons. The zero-order chi connectivity index (χ0) is 10.7. The van der Waals surface area contributed by atoms with Gasteiger partial charge >= 0.3 is 0 Å². The fourth-order valence-electron chi connectivity index (χ4n) is 1.56. The van der Waals surface area contributed by atoms with Crippen LogP contribution in [0.5, 0.6) is 0 Å². The summed E-state index contributed by atoms with van der Waals surface area (Å²) in [6.45, 7) is 0.807. The molecule has 6 heteroatoms. The van der Waals surface area contributed by atoms with E-state index in [1.54, 1.807) is 11.1 Å². The summed E-state index contributed by atoms with van der Waals surface area (Å²) in [6, 6.07) is 0. The third-order valence-corrected chi connectivity index (χ3v) is 2.29. The average molecular weight is 208 g/mol. The summed E-state index contributed by atoms with van der Waals surface area (Å²) >= 11 is 0. The number of carbonyl (C=O) groups is 2. The molecule has 0 aromatic carbocycles. The van der Waals surface area contributed by atoms with Gasteiger partial charge in [-0.05, 0) is 6.42 Å². The van der Waals surface area contributed by atoms with Crippen LogP contribution in [0.4, 0.5) is 5.69 Å². The highest BCUT2D eigenvalue weighted by atomic mass is 16.2. The summed E-state index contributed by atoms with van der Waals surface area (Å²) in [5, 5.41) is 8.94. The molecule has 2 N–H and O–H groups in total. The van der Waals surface area contributed by atoms with E-state index in [1.807, 2.05) is 0 Å². The minimum Gasteiger partial charge on any atom is -0.333 e. The molecule has 0 spiro atoms. The Morgan fingerprint density at radius 3 is 3.13 bits per heavy atom. The van der Waals surface area contributed by atoms with E-state index in [4.69, 9.17) is 0 Å². The monoisotopic (exact) mass is 208 g/mol. The van der Waals surface area contributed by atoms with Gasteiger partial charge in [0.1, 0.15) is 0 Å². The van der Waals surface area contributed by atoms with E-state index in [1.165, 1.54) is 6.20 Å². The zero-order valence-electron chi connectivity index (χ0n) is 8.19. The molecule has 2 heterocycles. The van der Waals surface area contributed by atoms with Gasteiger partial charge in [0, 0.05) is 19.2 Å². The molecule has 0 aliphatic carbocycles. The van der Waals surface area contributed by atoms with Gasteiger partial charge in [-0.25, -0.2) is 0 Å². The summed E-state index contributed by atoms with van der Waals surface area (Å²) < 4.78 is 0. The van der Waals surface area contributed by atoms with Gasteiger partial charge in [0.25, 0.3) is 0 Å². The van der Waals surface area contributed by atoms with E-state index in [-0.39, 0.29) is 18.4 Å². The van der Waals surface area contributed by atoms with E-state index in [0.717, 1.165) is 6.42 Å². The lowest BCUT2D eigenvalue weighted by molar-refractivity contribution is -0.131. The number of anilines is 1. The van der Waals surface area contributed by atoms with Crippen molar-refractivity contribution in [2.75, 3.05) is 18.4 Å². The van der Waals surface area contributed by atoms with Gasteiger partial charge < -0.3 is 10.2 Å². The summed E-state index contributed by atoms with van der Waals surface area (Å²) in [6.07, 6.45) is 4.50. The number of aromatic amines is 1. The highest BCUT2D eigenvalue weighted by Gasteiger charge is 2.22. The first-order valence-electron chi connectivity index (χ1n) is 4.82. The van der Waals surface area contributed by atoms with Crippen molar-refractivity contribution in [1.29, 1.82) is 0 Å². The van der Waals surface area contributed by atoms with E-state index < -0.39 is 0 Å². The minimum absolute atomic E-state index is 0.0531. The number of nitrogens with zero attached hydrogens (tertiary/aromatic N) is 2. The molecule has 1 fully saturated rings. The lowest BCUT2D eigenvalue weighted by Gasteiger charge is -2.14. The van der Waals surface area contributed by atoms with Crippen LogP contribution in [0.1, 0.15) is 12.8 Å². The fourth-order valence-corrected chi connectivity index (χ4v) is 1.56. The van der Waals surface area contributed by atoms with E-state index in [2.05, 4.69) is 15.5 Å². The van der Waals surface area contributed by atoms with Crippen molar-refractivity contribution in [2.45, 2.75) is 12.8 Å². The summed E-state index contributed by atoms with van der Waals surface area (Å²) in [7, 11) is 0. The summed E-state index contributed by atoms with van der Waals surface area (Å²) in [4.78, 5) is 24.3. The van der Waals surface area contributed by atoms with Crippen LogP contribution in [0.25, 0.3) is 0 Å². The SMILES string of the molecule is O=C(CN1CCCC1=O)Nc1cn[nH]c1. The molecule has 2 rings (SSSR count). The second-order valence-electron chi connectivity index (χ2n) is 3.45. The quantitative estimate of drug-likeness (QED) is 0.732. The number of H-pyrrole nitrogens is 1. The predicted molar refractivity (Wildman–Crippen MR) is 53.0 cm³/mol. The number of rotatable bonds is 3. The molecule has 0 unspecified atom stereocenters. The van der Waals surface area contributed by atoms with Gasteiger partial charge in [0.05, 0.1) is 18.4 Å². The summed E-state index contributed by atoms with van der Waals surface area (Å²) in [5.41, 5.74) is 0.617. The highest BCUT2D eigenvalue weighted by Crippen LogP contribution is 2.09. The molecule has 2 amide bonds. The fraction of sp³-hybridized carbons (Fsp3) is 0.444. The van der Waals surface area contributed by atoms with Crippen LogP contribution in [0.3, 0.4) is 0 Å². The number of amides is 2. The van der Waals surface area contributed by atoms with Crippen LogP contribution in [-0.4, -0.2) is 40.0 Å². The molecular weight excluding hydrogens is 196 g/mol. The van der Waals surface area contributed by atoms with Gasteiger partial charge in [-0.3, -0.25) is 14.7 Å². The van der Waals surface area contributed by atoms with Crippen LogP contribution in [-0.2, 0) is 9.59 Å². The molecule has 1 aromatic rings. The molecule has 6 nitrogen and oxygen atoms in total. The molecule has 0 radical (unpaired) electrons. The number of hydrogen-bond donors (Lipinski definition) is 2. The van der Waals surface area contributed by atoms with Crippen molar-refractivity contribution in [3.63, 3.8) is 0 Å². The van der Waals surface area contributed by atoms with Crippen LogP contribution >= 0.6 is 0 Å². The van der Waals surface area contributed by atoms with E-state index in [0.29, 0.717) is 18.7 Å². The lowest BCUT2D eigenvalue weighted by Crippen LogP contribution is -2.33. The van der Waals surface area contributed by atoms with Crippen molar-refractivity contribution >= 4 is 17.5 Å². The van der Waals surface area contributed by atoms with E-state index >= 15 is 0 Å². The van der Waals surface area contributed by atoms with Crippen molar-refractivity contribution in [2.24, 2.45) is 0 Å². The molecule has 15 heavy (non-hydrogen) atoms. The van der Waals surface area contributed by atoms with Crippen LogP contribution in [0, 0.1) is 0 Å². The molecule has 0 bridgehead atoms. The smallest absolute Gasteiger partial charge is 0.244 e. The number of likely N-dealkylation sites (tertiary alicyclic amines) is 1. The van der Waals surface area contributed by atoms with Gasteiger partial charge in [0.15, 0.2) is 0 Å². The second kappa shape index (κ2) is 4.12. The highest BCUT2D eigenvalue weighted by molar-refractivity contribution is 5.94. The first kappa shape index (κ1) is 9.70. The Kier molecular flexibility index (Phi) is 2.66. The van der Waals surface area contributed by atoms with Gasteiger partial charge in [0.2, 0.25) is 11.8 Å². The minimum atomic E-state index is -0.188. The third kappa shape index (κ3) is 2.34. The Labute approximate surface area is 86.6 Å². The Bertz CT molecular complexity index is 360. The first-order valence-corrected chi connectivity index (χ1v) is 4.82. The number of nitrogens with one attached hydrogen (secondary N) is 2. The molecule has 0 saturated carbocycles. The normalized spacial score (nSPS) is 15.7. The second-order valence-corrected chi connectivity index (χ2v) is 3.45. The number of carbonyl (C=O) groups excluding carboxylic acids is 2. The molecular formula is C9H12N4O2. The molecule has 1 saturated heterocycles. The molecule has 1 aromatic heterocycles. The maximum absolute atomic E-state index is 11.5. The Morgan fingerprint density at radius 2 is 2.53 bits per heavy atom. The van der Waals surface area contributed by atoms with Gasteiger partial charge in [-0.15, -0.1) is 0 Å². The average Bonchev–Trinajstić information content (AvgIpc) is 2.79. The van der Waals surface area contributed by atoms with Crippen molar-refractivity contribution < 1.29 is 9.59 Å². The van der Waals surface area contributed by atoms with Crippen LogP contribution in [0.15, 0.2) is 12.4 Å². The lowest BCUT2D eigenvalue weighted by atomic mass is 10.4. The predicted octanol–water partition coefficient (Wildman–Crippen LogP) is -0.0294. The summed E-state index contributed by atoms with van der Waals surface area (Å²) in [5.74, 6) is -0.135. The maximum Gasteiger partial charge on any atom is 0.244 e. The van der Waals surface area contributed by atoms with Gasteiger partial charge in [-0.2, -0.15) is 5.10 Å². The zero-order valence-corrected chi connectivity index (χ0v) is 8.19.